The fourth-order valence-corrected chi connectivity index (χ4v) is 3.50. The van der Waals surface area contributed by atoms with Crippen LogP contribution in [0.2, 0.25) is 0 Å². The number of rotatable bonds is 8. The van der Waals surface area contributed by atoms with Crippen LogP contribution in [0.15, 0.2) is 53.6 Å². The Morgan fingerprint density at radius 1 is 1.00 bits per heavy atom. The van der Waals surface area contributed by atoms with E-state index in [1.54, 1.807) is 12.1 Å². The molecule has 0 atom stereocenters. The summed E-state index contributed by atoms with van der Waals surface area (Å²) in [5.41, 5.74) is 4.77. The highest BCUT2D eigenvalue weighted by Gasteiger charge is 2.27. The third kappa shape index (κ3) is 7.35. The van der Waals surface area contributed by atoms with Crippen LogP contribution >= 0.6 is 0 Å². The summed E-state index contributed by atoms with van der Waals surface area (Å²) >= 11 is 0. The molecule has 0 spiro atoms. The van der Waals surface area contributed by atoms with Gasteiger partial charge in [0.15, 0.2) is 6.61 Å². The number of carboxylic acids is 1. The Labute approximate surface area is 178 Å². The van der Waals surface area contributed by atoms with E-state index in [1.165, 1.54) is 23.9 Å². The smallest absolute Gasteiger partial charge is 0.335 e. The molecule has 0 heterocycles. The SMILES string of the molecule is CC(C)(C)CC(C)(C)c1ccc(OCC(=O)NN=Cc2ccc(C(=O)O)cc2)cc1. The molecule has 0 radical (unpaired) electrons. The van der Waals surface area contributed by atoms with Crippen LogP contribution in [-0.4, -0.2) is 29.8 Å². The third-order valence-corrected chi connectivity index (χ3v) is 4.54. The molecule has 0 aliphatic rings. The average Bonchev–Trinajstić information content (AvgIpc) is 2.65. The topological polar surface area (TPSA) is 88.0 Å². The molecule has 0 aromatic heterocycles. The van der Waals surface area contributed by atoms with Crippen molar-refractivity contribution in [1.82, 2.24) is 5.43 Å². The van der Waals surface area contributed by atoms with Crippen LogP contribution in [0, 0.1) is 5.41 Å². The number of benzene rings is 2. The predicted molar refractivity (Wildman–Crippen MR) is 118 cm³/mol. The molecular weight excluding hydrogens is 380 g/mol. The van der Waals surface area contributed by atoms with Crippen LogP contribution in [0.25, 0.3) is 0 Å². The van der Waals surface area contributed by atoms with Crippen molar-refractivity contribution in [2.24, 2.45) is 10.5 Å². The maximum atomic E-state index is 11.9. The molecule has 0 saturated carbocycles. The monoisotopic (exact) mass is 410 g/mol. The number of nitrogens with zero attached hydrogens (tertiary/aromatic N) is 1. The van der Waals surface area contributed by atoms with Crippen molar-refractivity contribution in [1.29, 1.82) is 0 Å². The van der Waals surface area contributed by atoms with E-state index in [0.717, 1.165) is 6.42 Å². The Morgan fingerprint density at radius 3 is 2.13 bits per heavy atom. The van der Waals surface area contributed by atoms with Crippen molar-refractivity contribution in [3.63, 3.8) is 0 Å². The third-order valence-electron chi connectivity index (χ3n) is 4.54. The summed E-state index contributed by atoms with van der Waals surface area (Å²) in [5.74, 6) is -0.756. The molecule has 0 bridgehead atoms. The molecule has 6 heteroatoms. The van der Waals surface area contributed by atoms with Crippen LogP contribution in [0.5, 0.6) is 5.75 Å². The van der Waals surface area contributed by atoms with E-state index in [0.29, 0.717) is 11.3 Å². The molecule has 160 valence electrons. The van der Waals surface area contributed by atoms with Crippen molar-refractivity contribution < 1.29 is 19.4 Å². The van der Waals surface area contributed by atoms with Crippen LogP contribution in [-0.2, 0) is 10.2 Å². The molecule has 2 rings (SSSR count). The van der Waals surface area contributed by atoms with E-state index in [-0.39, 0.29) is 28.9 Å². The van der Waals surface area contributed by atoms with E-state index in [9.17, 15) is 9.59 Å². The molecule has 2 aromatic carbocycles. The van der Waals surface area contributed by atoms with Gasteiger partial charge in [0.1, 0.15) is 5.75 Å². The first-order valence-electron chi connectivity index (χ1n) is 9.85. The lowest BCUT2D eigenvalue weighted by Crippen LogP contribution is -2.25. The molecule has 2 aromatic rings. The zero-order valence-electron chi connectivity index (χ0n) is 18.2. The fourth-order valence-electron chi connectivity index (χ4n) is 3.50. The van der Waals surface area contributed by atoms with Crippen molar-refractivity contribution in [3.05, 3.63) is 65.2 Å². The van der Waals surface area contributed by atoms with Gasteiger partial charge in [-0.05, 0) is 52.6 Å². The summed E-state index contributed by atoms with van der Waals surface area (Å²) in [6.07, 6.45) is 2.50. The van der Waals surface area contributed by atoms with E-state index in [2.05, 4.69) is 45.1 Å². The number of nitrogens with one attached hydrogen (secondary N) is 1. The molecule has 6 nitrogen and oxygen atoms in total. The fraction of sp³-hybridized carbons (Fsp3) is 0.375. The second kappa shape index (κ2) is 9.57. The number of hydrogen-bond donors (Lipinski definition) is 2. The van der Waals surface area contributed by atoms with E-state index >= 15 is 0 Å². The highest BCUT2D eigenvalue weighted by molar-refractivity contribution is 5.89. The summed E-state index contributed by atoms with van der Waals surface area (Å²) in [7, 11) is 0. The maximum absolute atomic E-state index is 11.9. The minimum absolute atomic E-state index is 0.0472. The van der Waals surface area contributed by atoms with Gasteiger partial charge in [0.2, 0.25) is 0 Å². The van der Waals surface area contributed by atoms with Gasteiger partial charge in [-0.3, -0.25) is 4.79 Å². The zero-order valence-corrected chi connectivity index (χ0v) is 18.2. The molecule has 30 heavy (non-hydrogen) atoms. The minimum Gasteiger partial charge on any atom is -0.484 e. The Hall–Kier alpha value is -3.15. The number of hydrazone groups is 1. The first kappa shape index (κ1) is 23.1. The molecule has 0 aliphatic heterocycles. The van der Waals surface area contributed by atoms with Gasteiger partial charge in [0, 0.05) is 0 Å². The Balaban J connectivity index is 1.83. The molecule has 0 saturated heterocycles. The summed E-state index contributed by atoms with van der Waals surface area (Å²) in [6, 6.07) is 14.0. The van der Waals surface area contributed by atoms with Crippen molar-refractivity contribution in [3.8, 4) is 5.75 Å². The predicted octanol–water partition coefficient (Wildman–Crippen LogP) is 4.63. The van der Waals surface area contributed by atoms with Crippen LogP contribution in [0.1, 0.15) is 62.5 Å². The second-order valence-corrected chi connectivity index (χ2v) is 9.15. The molecule has 0 fully saturated rings. The summed E-state index contributed by atoms with van der Waals surface area (Å²) < 4.78 is 5.53. The number of amides is 1. The first-order valence-corrected chi connectivity index (χ1v) is 9.85. The summed E-state index contributed by atoms with van der Waals surface area (Å²) in [5, 5.41) is 12.7. The van der Waals surface area contributed by atoms with Gasteiger partial charge in [-0.15, -0.1) is 0 Å². The molecule has 1 amide bonds. The number of carboxylic acid groups (broad SMARTS) is 1. The molecule has 0 unspecified atom stereocenters. The number of carbonyl (C=O) groups is 2. The van der Waals surface area contributed by atoms with Crippen LogP contribution in [0.4, 0.5) is 0 Å². The van der Waals surface area contributed by atoms with E-state index in [1.807, 2.05) is 24.3 Å². The highest BCUT2D eigenvalue weighted by atomic mass is 16.5. The largest absolute Gasteiger partial charge is 0.484 e. The maximum Gasteiger partial charge on any atom is 0.335 e. The summed E-state index contributed by atoms with van der Waals surface area (Å²) in [6.45, 7) is 11.0. The van der Waals surface area contributed by atoms with Gasteiger partial charge >= 0.3 is 5.97 Å². The van der Waals surface area contributed by atoms with Gasteiger partial charge < -0.3 is 9.84 Å². The van der Waals surface area contributed by atoms with E-state index in [4.69, 9.17) is 9.84 Å². The van der Waals surface area contributed by atoms with Gasteiger partial charge in [-0.25, -0.2) is 10.2 Å². The zero-order chi connectivity index (χ0) is 22.4. The lowest BCUT2D eigenvalue weighted by Gasteiger charge is -2.33. The number of aromatic carboxylic acids is 1. The van der Waals surface area contributed by atoms with Crippen LogP contribution in [0.3, 0.4) is 0 Å². The average molecular weight is 411 g/mol. The van der Waals surface area contributed by atoms with Gasteiger partial charge in [-0.2, -0.15) is 5.10 Å². The second-order valence-electron chi connectivity index (χ2n) is 9.15. The Morgan fingerprint density at radius 2 is 1.60 bits per heavy atom. The van der Waals surface area contributed by atoms with Crippen molar-refractivity contribution in [2.75, 3.05) is 6.61 Å². The number of carbonyl (C=O) groups excluding carboxylic acids is 1. The first-order chi connectivity index (χ1) is 14.0. The quantitative estimate of drug-likeness (QED) is 0.491. The van der Waals surface area contributed by atoms with Crippen molar-refractivity contribution in [2.45, 2.75) is 46.5 Å². The van der Waals surface area contributed by atoms with Gasteiger partial charge in [0.05, 0.1) is 11.8 Å². The van der Waals surface area contributed by atoms with Gasteiger partial charge in [0.25, 0.3) is 5.91 Å². The molecule has 0 aliphatic carbocycles. The lowest BCUT2D eigenvalue weighted by molar-refractivity contribution is -0.123. The highest BCUT2D eigenvalue weighted by Crippen LogP contribution is 2.36. The summed E-state index contributed by atoms with van der Waals surface area (Å²) in [4.78, 5) is 22.7. The lowest BCUT2D eigenvalue weighted by atomic mass is 9.72. The normalized spacial score (nSPS) is 12.0. The Kier molecular flexibility index (Phi) is 7.38. The Bertz CT molecular complexity index is 892. The standard InChI is InChI=1S/C24H30N2O4/c1-23(2,3)16-24(4,5)19-10-12-20(13-11-19)30-15-21(27)26-25-14-17-6-8-18(9-7-17)22(28)29/h6-14H,15-16H2,1-5H3,(H,26,27)(H,28,29). The van der Waals surface area contributed by atoms with Gasteiger partial charge in [-0.1, -0.05) is 58.9 Å². The van der Waals surface area contributed by atoms with Crippen molar-refractivity contribution >= 4 is 18.1 Å². The molecular formula is C24H30N2O4. The van der Waals surface area contributed by atoms with Crippen LogP contribution < -0.4 is 10.2 Å². The number of ether oxygens (including phenoxy) is 1. The number of hydrogen-bond acceptors (Lipinski definition) is 4. The van der Waals surface area contributed by atoms with E-state index < -0.39 is 5.97 Å². The molecule has 2 N–H and O–H groups in total. The minimum atomic E-state index is -0.991.